The zero-order valence-corrected chi connectivity index (χ0v) is 14.7. The number of anilines is 1. The number of fused-ring (bicyclic) bond motifs is 1. The van der Waals surface area contributed by atoms with Gasteiger partial charge in [-0.25, -0.2) is 0 Å². The molecule has 3 rings (SSSR count). The molecule has 2 N–H and O–H groups in total. The highest BCUT2D eigenvalue weighted by molar-refractivity contribution is 5.92. The van der Waals surface area contributed by atoms with Crippen LogP contribution in [0.25, 0.3) is 0 Å². The minimum atomic E-state index is 0.0432. The fourth-order valence-electron chi connectivity index (χ4n) is 3.35. The number of nitrogens with zero attached hydrogens (tertiary/aromatic N) is 2. The standard InChI is InChI=1S/C19H26N4O/c1-22(2)13-14-10-11-17(21-14)19(24)23(3)18-9-6-12-20-16-8-5-4-7-15(16)18/h4-5,7-8,10-11,18,20-21H,6,9,12-13H2,1-3H3. The van der Waals surface area contributed by atoms with Crippen LogP contribution in [-0.2, 0) is 6.54 Å². The Labute approximate surface area is 143 Å². The second kappa shape index (κ2) is 7.09. The molecule has 2 heterocycles. The molecule has 0 saturated heterocycles. The van der Waals surface area contributed by atoms with Gasteiger partial charge in [0, 0.05) is 31.5 Å². The summed E-state index contributed by atoms with van der Waals surface area (Å²) in [6.07, 6.45) is 2.02. The molecular formula is C19H26N4O. The van der Waals surface area contributed by atoms with Gasteiger partial charge < -0.3 is 20.1 Å². The van der Waals surface area contributed by atoms with Crippen molar-refractivity contribution in [3.8, 4) is 0 Å². The van der Waals surface area contributed by atoms with Gasteiger partial charge in [0.25, 0.3) is 5.91 Å². The van der Waals surface area contributed by atoms with Crippen LogP contribution in [0.5, 0.6) is 0 Å². The van der Waals surface area contributed by atoms with Crippen LogP contribution in [0, 0.1) is 0 Å². The molecule has 0 fully saturated rings. The number of hydrogen-bond donors (Lipinski definition) is 2. The van der Waals surface area contributed by atoms with Gasteiger partial charge >= 0.3 is 0 Å². The largest absolute Gasteiger partial charge is 0.385 e. The molecule has 0 aliphatic carbocycles. The van der Waals surface area contributed by atoms with Crippen molar-refractivity contribution >= 4 is 11.6 Å². The highest BCUT2D eigenvalue weighted by Gasteiger charge is 2.26. The van der Waals surface area contributed by atoms with Crippen molar-refractivity contribution in [1.82, 2.24) is 14.8 Å². The van der Waals surface area contributed by atoms with Gasteiger partial charge in [0.05, 0.1) is 6.04 Å². The molecule has 0 radical (unpaired) electrons. The minimum absolute atomic E-state index is 0.0432. The first kappa shape index (κ1) is 16.6. The lowest BCUT2D eigenvalue weighted by Gasteiger charge is -2.28. The quantitative estimate of drug-likeness (QED) is 0.908. The Balaban J connectivity index is 1.81. The Morgan fingerprint density at radius 1 is 1.17 bits per heavy atom. The molecule has 128 valence electrons. The molecule has 1 aliphatic rings. The van der Waals surface area contributed by atoms with Gasteiger partial charge in [-0.15, -0.1) is 0 Å². The molecule has 2 aromatic rings. The van der Waals surface area contributed by atoms with Crippen molar-refractivity contribution < 1.29 is 4.79 Å². The minimum Gasteiger partial charge on any atom is -0.385 e. The zero-order chi connectivity index (χ0) is 17.1. The van der Waals surface area contributed by atoms with Crippen molar-refractivity contribution in [2.45, 2.75) is 25.4 Å². The number of H-pyrrole nitrogens is 1. The van der Waals surface area contributed by atoms with E-state index in [2.05, 4.69) is 27.3 Å². The van der Waals surface area contributed by atoms with Crippen molar-refractivity contribution in [2.75, 3.05) is 33.0 Å². The smallest absolute Gasteiger partial charge is 0.270 e. The number of aromatic nitrogens is 1. The number of carbonyl (C=O) groups excluding carboxylic acids is 1. The Kier molecular flexibility index (Phi) is 4.90. The first-order valence-corrected chi connectivity index (χ1v) is 8.49. The average Bonchev–Trinajstić information content (AvgIpc) is 2.91. The second-order valence-corrected chi connectivity index (χ2v) is 6.72. The maximum atomic E-state index is 12.9. The summed E-state index contributed by atoms with van der Waals surface area (Å²) in [6, 6.07) is 12.3. The molecule has 1 aromatic carbocycles. The molecule has 1 aliphatic heterocycles. The van der Waals surface area contributed by atoms with Gasteiger partial charge in [0.1, 0.15) is 5.69 Å². The third kappa shape index (κ3) is 3.46. The molecule has 5 heteroatoms. The molecule has 0 spiro atoms. The van der Waals surface area contributed by atoms with Crippen molar-refractivity contribution in [2.24, 2.45) is 0 Å². The number of para-hydroxylation sites is 1. The van der Waals surface area contributed by atoms with Crippen molar-refractivity contribution in [3.05, 3.63) is 53.3 Å². The molecule has 1 aromatic heterocycles. The first-order valence-electron chi connectivity index (χ1n) is 8.49. The Hall–Kier alpha value is -2.27. The summed E-state index contributed by atoms with van der Waals surface area (Å²) in [5.74, 6) is 0.0432. The van der Waals surface area contributed by atoms with Gasteiger partial charge in [-0.2, -0.15) is 0 Å². The van der Waals surface area contributed by atoms with Gasteiger partial charge in [0.15, 0.2) is 0 Å². The zero-order valence-electron chi connectivity index (χ0n) is 14.7. The monoisotopic (exact) mass is 326 g/mol. The van der Waals surface area contributed by atoms with E-state index in [9.17, 15) is 4.79 Å². The summed E-state index contributed by atoms with van der Waals surface area (Å²) in [5.41, 5.74) is 4.05. The summed E-state index contributed by atoms with van der Waals surface area (Å²) in [4.78, 5) is 20.1. The summed E-state index contributed by atoms with van der Waals surface area (Å²) < 4.78 is 0. The number of benzene rings is 1. The predicted molar refractivity (Wildman–Crippen MR) is 97.2 cm³/mol. The Bertz CT molecular complexity index is 707. The van der Waals surface area contributed by atoms with Crippen LogP contribution in [0.15, 0.2) is 36.4 Å². The third-order valence-electron chi connectivity index (χ3n) is 4.54. The summed E-state index contributed by atoms with van der Waals surface area (Å²) in [7, 11) is 5.94. The molecule has 1 atom stereocenters. The van der Waals surface area contributed by atoms with Crippen LogP contribution >= 0.6 is 0 Å². The maximum absolute atomic E-state index is 12.9. The van der Waals surface area contributed by atoms with E-state index in [1.165, 1.54) is 5.56 Å². The van der Waals surface area contributed by atoms with Gasteiger partial charge in [0.2, 0.25) is 0 Å². The highest BCUT2D eigenvalue weighted by atomic mass is 16.2. The molecule has 0 bridgehead atoms. The molecule has 1 amide bonds. The molecule has 1 unspecified atom stereocenters. The van der Waals surface area contributed by atoms with E-state index in [4.69, 9.17) is 0 Å². The summed E-state index contributed by atoms with van der Waals surface area (Å²) in [6.45, 7) is 1.75. The van der Waals surface area contributed by atoms with E-state index in [-0.39, 0.29) is 11.9 Å². The lowest BCUT2D eigenvalue weighted by molar-refractivity contribution is 0.0717. The maximum Gasteiger partial charge on any atom is 0.270 e. The van der Waals surface area contributed by atoms with E-state index in [1.807, 2.05) is 50.3 Å². The molecule has 24 heavy (non-hydrogen) atoms. The second-order valence-electron chi connectivity index (χ2n) is 6.72. The van der Waals surface area contributed by atoms with E-state index in [1.54, 1.807) is 0 Å². The van der Waals surface area contributed by atoms with Gasteiger partial charge in [-0.1, -0.05) is 18.2 Å². The summed E-state index contributed by atoms with van der Waals surface area (Å²) in [5, 5.41) is 3.46. The fourth-order valence-corrected chi connectivity index (χ4v) is 3.35. The lowest BCUT2D eigenvalue weighted by atomic mass is 10.00. The molecular weight excluding hydrogens is 300 g/mol. The number of rotatable bonds is 4. The van der Waals surface area contributed by atoms with Crippen molar-refractivity contribution in [3.63, 3.8) is 0 Å². The molecule has 0 saturated carbocycles. The fraction of sp³-hybridized carbons (Fsp3) is 0.421. The van der Waals surface area contributed by atoms with Gasteiger partial charge in [-0.05, 0) is 50.7 Å². The van der Waals surface area contributed by atoms with Crippen LogP contribution in [0.2, 0.25) is 0 Å². The number of aromatic amines is 1. The predicted octanol–water partition coefficient (Wildman–Crippen LogP) is 3.10. The number of carbonyl (C=O) groups is 1. The van der Waals surface area contributed by atoms with E-state index >= 15 is 0 Å². The van der Waals surface area contributed by atoms with Crippen LogP contribution in [-0.4, -0.2) is 48.4 Å². The third-order valence-corrected chi connectivity index (χ3v) is 4.54. The van der Waals surface area contributed by atoms with Crippen LogP contribution in [0.4, 0.5) is 5.69 Å². The topological polar surface area (TPSA) is 51.4 Å². The average molecular weight is 326 g/mol. The molecule has 5 nitrogen and oxygen atoms in total. The van der Waals surface area contributed by atoms with Gasteiger partial charge in [-0.3, -0.25) is 4.79 Å². The summed E-state index contributed by atoms with van der Waals surface area (Å²) >= 11 is 0. The first-order chi connectivity index (χ1) is 11.6. The van der Waals surface area contributed by atoms with Crippen molar-refractivity contribution in [1.29, 1.82) is 0 Å². The SMILES string of the molecule is CN(C)Cc1ccc(C(=O)N(C)C2CCCNc3ccccc32)[nH]1. The number of hydrogen-bond acceptors (Lipinski definition) is 3. The van der Waals surface area contributed by atoms with Crippen LogP contribution in [0.1, 0.15) is 40.6 Å². The lowest BCUT2D eigenvalue weighted by Crippen LogP contribution is -2.31. The van der Waals surface area contributed by atoms with Crippen LogP contribution in [0.3, 0.4) is 0 Å². The van der Waals surface area contributed by atoms with Crippen LogP contribution < -0.4 is 5.32 Å². The van der Waals surface area contributed by atoms with E-state index in [0.717, 1.165) is 37.3 Å². The highest BCUT2D eigenvalue weighted by Crippen LogP contribution is 2.33. The number of amides is 1. The van der Waals surface area contributed by atoms with E-state index < -0.39 is 0 Å². The normalized spacial score (nSPS) is 17.1. The Morgan fingerprint density at radius 2 is 1.96 bits per heavy atom. The Morgan fingerprint density at radius 3 is 2.75 bits per heavy atom. The van der Waals surface area contributed by atoms with E-state index in [0.29, 0.717) is 5.69 Å². The number of nitrogens with one attached hydrogen (secondary N) is 2.